The van der Waals surface area contributed by atoms with E-state index >= 15 is 0 Å². The van der Waals surface area contributed by atoms with Crippen molar-refractivity contribution in [1.29, 1.82) is 0 Å². The molecule has 3 fully saturated rings. The Labute approximate surface area is 214 Å². The quantitative estimate of drug-likeness (QED) is 0.586. The summed E-state index contributed by atoms with van der Waals surface area (Å²) in [5, 5.41) is 4.63. The molecule has 4 heterocycles. The molecular formula is C28H39FN6O. The van der Waals surface area contributed by atoms with Gasteiger partial charge in [0.15, 0.2) is 0 Å². The van der Waals surface area contributed by atoms with Gasteiger partial charge in [0.1, 0.15) is 17.7 Å². The fraction of sp³-hybridized carbons (Fsp3) is 0.643. The zero-order chi connectivity index (χ0) is 24.9. The van der Waals surface area contributed by atoms with E-state index in [0.717, 1.165) is 73.5 Å². The second-order valence-corrected chi connectivity index (χ2v) is 10.2. The van der Waals surface area contributed by atoms with Crippen LogP contribution in [0.4, 0.5) is 16.2 Å². The molecule has 3 saturated heterocycles. The average Bonchev–Trinajstić information content (AvgIpc) is 3.58. The fourth-order valence-electron chi connectivity index (χ4n) is 5.53. The van der Waals surface area contributed by atoms with Crippen molar-refractivity contribution < 1.29 is 9.13 Å². The molecular weight excluding hydrogens is 455 g/mol. The highest BCUT2D eigenvalue weighted by Crippen LogP contribution is 2.32. The maximum absolute atomic E-state index is 14.0. The molecule has 0 saturated carbocycles. The molecule has 8 heteroatoms. The van der Waals surface area contributed by atoms with Crippen LogP contribution in [0.5, 0.6) is 5.75 Å². The zero-order valence-corrected chi connectivity index (χ0v) is 21.7. The Hall–Kier alpha value is -2.63. The number of nitrogens with one attached hydrogen (secondary N) is 1. The van der Waals surface area contributed by atoms with E-state index in [-0.39, 0.29) is 0 Å². The van der Waals surface area contributed by atoms with Crippen molar-refractivity contribution in [3.63, 3.8) is 0 Å². The first-order valence-corrected chi connectivity index (χ1v) is 13.6. The monoisotopic (exact) mass is 494 g/mol. The third-order valence-corrected chi connectivity index (χ3v) is 7.77. The largest absolute Gasteiger partial charge is 0.495 e. The van der Waals surface area contributed by atoms with Gasteiger partial charge in [-0.3, -0.25) is 0 Å². The summed E-state index contributed by atoms with van der Waals surface area (Å²) < 4.78 is 19.7. The number of piperidine rings is 1. The van der Waals surface area contributed by atoms with Crippen molar-refractivity contribution in [2.75, 3.05) is 69.7 Å². The fourth-order valence-corrected chi connectivity index (χ4v) is 5.53. The summed E-state index contributed by atoms with van der Waals surface area (Å²) in [5.41, 5.74) is 1.66. The summed E-state index contributed by atoms with van der Waals surface area (Å²) in [6.45, 7) is 9.84. The van der Waals surface area contributed by atoms with Crippen molar-refractivity contribution in [1.82, 2.24) is 19.8 Å². The number of methoxy groups -OCH3 is 1. The number of aromatic nitrogens is 2. The number of alkyl halides is 1. The first-order valence-electron chi connectivity index (χ1n) is 13.6. The van der Waals surface area contributed by atoms with E-state index < -0.39 is 6.17 Å². The molecule has 5 rings (SSSR count). The molecule has 0 bridgehead atoms. The summed E-state index contributed by atoms with van der Waals surface area (Å²) in [7, 11) is 1.69. The molecule has 2 aromatic rings. The molecule has 1 aromatic heterocycles. The topological polar surface area (TPSA) is 56.8 Å². The lowest BCUT2D eigenvalue weighted by Gasteiger charge is -2.32. The van der Waals surface area contributed by atoms with E-state index in [1.54, 1.807) is 7.11 Å². The van der Waals surface area contributed by atoms with Crippen LogP contribution in [0, 0.1) is 11.8 Å². The predicted molar refractivity (Wildman–Crippen MR) is 144 cm³/mol. The Morgan fingerprint density at radius 1 is 1.06 bits per heavy atom. The van der Waals surface area contributed by atoms with E-state index in [2.05, 4.69) is 33.9 Å². The third-order valence-electron chi connectivity index (χ3n) is 7.77. The van der Waals surface area contributed by atoms with Gasteiger partial charge in [-0.2, -0.15) is 4.98 Å². The molecule has 194 valence electrons. The standard InChI is InChI=1S/C28H39FN6O/c1-3-33-15-10-23(11-16-33)30-27-24-19-26(36-2)21(8-4-5-12-34-13-6-7-14-34)18-25(24)31-28(32-27)35-17-9-22(29)20-35/h18-19,22-23H,3,5-7,9-17,20H2,1-2H3,(H,30,31,32)/t22-/m0/s1. The van der Waals surface area contributed by atoms with Gasteiger partial charge in [-0.25, -0.2) is 9.37 Å². The van der Waals surface area contributed by atoms with Gasteiger partial charge in [0.25, 0.3) is 0 Å². The molecule has 3 aliphatic rings. The van der Waals surface area contributed by atoms with Crippen LogP contribution < -0.4 is 15.0 Å². The number of fused-ring (bicyclic) bond motifs is 1. The SMILES string of the molecule is CCN1CCC(Nc2nc(N3CC[C@H](F)C3)nc3cc(C#CCCN4CCCC4)c(OC)cc23)CC1. The molecule has 0 aliphatic carbocycles. The zero-order valence-electron chi connectivity index (χ0n) is 21.7. The molecule has 0 amide bonds. The number of anilines is 2. The molecule has 0 unspecified atom stereocenters. The van der Waals surface area contributed by atoms with Crippen molar-refractivity contribution >= 4 is 22.7 Å². The number of ether oxygens (including phenoxy) is 1. The normalized spacial score (nSPS) is 21.6. The van der Waals surface area contributed by atoms with Crippen molar-refractivity contribution in [2.45, 2.75) is 57.7 Å². The number of likely N-dealkylation sites (tertiary alicyclic amines) is 2. The lowest BCUT2D eigenvalue weighted by atomic mass is 10.0. The van der Waals surface area contributed by atoms with Gasteiger partial charge in [0, 0.05) is 44.0 Å². The average molecular weight is 495 g/mol. The van der Waals surface area contributed by atoms with Crippen LogP contribution in [0.25, 0.3) is 10.9 Å². The highest BCUT2D eigenvalue weighted by molar-refractivity contribution is 5.93. The number of nitrogens with zero attached hydrogens (tertiary/aromatic N) is 5. The van der Waals surface area contributed by atoms with Crippen LogP contribution >= 0.6 is 0 Å². The maximum atomic E-state index is 14.0. The van der Waals surface area contributed by atoms with E-state index in [0.29, 0.717) is 31.5 Å². The maximum Gasteiger partial charge on any atom is 0.227 e. The minimum Gasteiger partial charge on any atom is -0.495 e. The highest BCUT2D eigenvalue weighted by atomic mass is 19.1. The summed E-state index contributed by atoms with van der Waals surface area (Å²) >= 11 is 0. The molecule has 1 atom stereocenters. The minimum absolute atomic E-state index is 0.346. The Bertz CT molecular complexity index is 1100. The van der Waals surface area contributed by atoms with Gasteiger partial charge < -0.3 is 24.8 Å². The molecule has 0 spiro atoms. The molecule has 1 aromatic carbocycles. The van der Waals surface area contributed by atoms with Crippen molar-refractivity contribution in [3.05, 3.63) is 17.7 Å². The van der Waals surface area contributed by atoms with Gasteiger partial charge in [-0.05, 0) is 63.9 Å². The molecule has 7 nitrogen and oxygen atoms in total. The van der Waals surface area contributed by atoms with E-state index in [1.807, 2.05) is 17.0 Å². The third kappa shape index (κ3) is 5.84. The second kappa shape index (κ2) is 11.6. The van der Waals surface area contributed by atoms with Gasteiger partial charge in [0.05, 0.1) is 24.7 Å². The van der Waals surface area contributed by atoms with Gasteiger partial charge in [-0.1, -0.05) is 18.8 Å². The van der Waals surface area contributed by atoms with Gasteiger partial charge >= 0.3 is 0 Å². The van der Waals surface area contributed by atoms with Crippen LogP contribution in [0.2, 0.25) is 0 Å². The number of halogens is 1. The number of hydrogen-bond donors (Lipinski definition) is 1. The summed E-state index contributed by atoms with van der Waals surface area (Å²) in [4.78, 5) is 16.7. The Kier molecular flexibility index (Phi) is 8.08. The lowest BCUT2D eigenvalue weighted by molar-refractivity contribution is 0.229. The number of benzene rings is 1. The van der Waals surface area contributed by atoms with Crippen molar-refractivity contribution in [3.8, 4) is 17.6 Å². The number of hydrogen-bond acceptors (Lipinski definition) is 7. The van der Waals surface area contributed by atoms with E-state index in [4.69, 9.17) is 14.7 Å². The summed E-state index contributed by atoms with van der Waals surface area (Å²) in [5.74, 6) is 8.80. The number of rotatable bonds is 7. The van der Waals surface area contributed by atoms with Crippen molar-refractivity contribution in [2.24, 2.45) is 0 Å². The van der Waals surface area contributed by atoms with Crippen LogP contribution in [0.3, 0.4) is 0 Å². The van der Waals surface area contributed by atoms with Gasteiger partial charge in [0.2, 0.25) is 5.95 Å². The molecule has 36 heavy (non-hydrogen) atoms. The minimum atomic E-state index is -0.827. The molecule has 0 radical (unpaired) electrons. The summed E-state index contributed by atoms with van der Waals surface area (Å²) in [6.07, 6.45) is 5.27. The predicted octanol–water partition coefficient (Wildman–Crippen LogP) is 3.92. The Morgan fingerprint density at radius 2 is 1.86 bits per heavy atom. The molecule has 3 aliphatic heterocycles. The Balaban J connectivity index is 1.44. The van der Waals surface area contributed by atoms with Crippen LogP contribution in [-0.2, 0) is 0 Å². The van der Waals surface area contributed by atoms with Crippen LogP contribution in [-0.4, -0.2) is 91.4 Å². The van der Waals surface area contributed by atoms with Gasteiger partial charge in [-0.15, -0.1) is 0 Å². The summed E-state index contributed by atoms with van der Waals surface area (Å²) in [6, 6.07) is 4.37. The second-order valence-electron chi connectivity index (χ2n) is 10.2. The van der Waals surface area contributed by atoms with E-state index in [1.165, 1.54) is 25.9 Å². The lowest BCUT2D eigenvalue weighted by Crippen LogP contribution is -2.39. The first-order chi connectivity index (χ1) is 17.6. The highest BCUT2D eigenvalue weighted by Gasteiger charge is 2.26. The smallest absolute Gasteiger partial charge is 0.227 e. The van der Waals surface area contributed by atoms with E-state index in [9.17, 15) is 4.39 Å². The van der Waals surface area contributed by atoms with Crippen LogP contribution in [0.15, 0.2) is 12.1 Å². The first kappa shape index (κ1) is 25.0. The molecule has 1 N–H and O–H groups in total. The Morgan fingerprint density at radius 3 is 2.56 bits per heavy atom. The van der Waals surface area contributed by atoms with Crippen LogP contribution in [0.1, 0.15) is 51.0 Å².